The molecule has 4 nitrogen and oxygen atoms in total. The molecule has 1 aliphatic carbocycles. The summed E-state index contributed by atoms with van der Waals surface area (Å²) in [5.74, 6) is -0.498. The van der Waals surface area contributed by atoms with Gasteiger partial charge in [-0.1, -0.05) is 0 Å². The number of nitriles is 1. The first-order chi connectivity index (χ1) is 10.1. The molecule has 0 bridgehead atoms. The molecule has 0 aromatic heterocycles. The van der Waals surface area contributed by atoms with Gasteiger partial charge in [-0.05, 0) is 43.7 Å². The summed E-state index contributed by atoms with van der Waals surface area (Å²) in [4.78, 5) is 4.18. The molecule has 1 aromatic rings. The van der Waals surface area contributed by atoms with Gasteiger partial charge in [0.05, 0.1) is 11.8 Å². The third kappa shape index (κ3) is 5.40. The fourth-order valence-corrected chi connectivity index (χ4v) is 2.47. The molecule has 3 N–H and O–H groups in total. The molecule has 7 heteroatoms. The molecule has 1 aliphatic rings. The van der Waals surface area contributed by atoms with Crippen LogP contribution in [0.3, 0.4) is 0 Å². The van der Waals surface area contributed by atoms with E-state index in [-0.39, 0.29) is 41.5 Å². The molecule has 1 aromatic carbocycles. The van der Waals surface area contributed by atoms with Crippen LogP contribution in [0.15, 0.2) is 23.2 Å². The highest BCUT2D eigenvalue weighted by Crippen LogP contribution is 2.28. The van der Waals surface area contributed by atoms with Gasteiger partial charge in [0.25, 0.3) is 0 Å². The van der Waals surface area contributed by atoms with Crippen molar-refractivity contribution < 1.29 is 8.78 Å². The van der Waals surface area contributed by atoms with Crippen LogP contribution in [0, 0.1) is 34.8 Å². The molecule has 0 aliphatic heterocycles. The number of aliphatic imine (C=N–C) groups is 1. The average Bonchev–Trinajstić information content (AvgIpc) is 2.49. The Kier molecular flexibility index (Phi) is 7.51. The molecule has 120 valence electrons. The van der Waals surface area contributed by atoms with E-state index in [9.17, 15) is 8.78 Å². The summed E-state index contributed by atoms with van der Waals surface area (Å²) in [6.07, 6.45) is 3.68. The third-order valence-corrected chi connectivity index (χ3v) is 3.74. The lowest BCUT2D eigenvalue weighted by Gasteiger charge is -2.23. The average molecular weight is 420 g/mol. The Balaban J connectivity index is 0.00000242. The van der Waals surface area contributed by atoms with Crippen molar-refractivity contribution in [1.82, 2.24) is 0 Å². The molecule has 0 atom stereocenters. The maximum Gasteiger partial charge on any atom is 0.193 e. The molecule has 0 spiro atoms. The Hall–Kier alpha value is -1.43. The van der Waals surface area contributed by atoms with E-state index in [4.69, 9.17) is 11.0 Å². The van der Waals surface area contributed by atoms with Crippen molar-refractivity contribution in [3.8, 4) is 6.07 Å². The van der Waals surface area contributed by atoms with Gasteiger partial charge < -0.3 is 11.1 Å². The SMILES string of the molecule is I.N#CC1CCC(CN=C(N)Nc2cc(F)ccc2F)CC1. The van der Waals surface area contributed by atoms with Crippen LogP contribution in [0.2, 0.25) is 0 Å². The van der Waals surface area contributed by atoms with Crippen molar-refractivity contribution >= 4 is 35.6 Å². The second-order valence-corrected chi connectivity index (χ2v) is 5.32. The van der Waals surface area contributed by atoms with Gasteiger partial charge in [0.15, 0.2) is 5.96 Å². The van der Waals surface area contributed by atoms with Crippen molar-refractivity contribution in [1.29, 1.82) is 5.26 Å². The van der Waals surface area contributed by atoms with E-state index in [1.54, 1.807) is 0 Å². The number of hydrogen-bond donors (Lipinski definition) is 2. The summed E-state index contributed by atoms with van der Waals surface area (Å²) in [5.41, 5.74) is 5.67. The van der Waals surface area contributed by atoms with E-state index in [0.717, 1.165) is 43.9 Å². The number of benzene rings is 1. The highest BCUT2D eigenvalue weighted by molar-refractivity contribution is 14.0. The molecule has 0 heterocycles. The smallest absolute Gasteiger partial charge is 0.193 e. The summed E-state index contributed by atoms with van der Waals surface area (Å²) in [7, 11) is 0. The quantitative estimate of drug-likeness (QED) is 0.446. The molecule has 0 amide bonds. The second kappa shape index (κ2) is 8.88. The Morgan fingerprint density at radius 3 is 2.64 bits per heavy atom. The summed E-state index contributed by atoms with van der Waals surface area (Å²) >= 11 is 0. The zero-order valence-corrected chi connectivity index (χ0v) is 14.4. The number of halogens is 3. The van der Waals surface area contributed by atoms with Gasteiger partial charge in [0, 0.05) is 18.5 Å². The van der Waals surface area contributed by atoms with Crippen LogP contribution in [0.1, 0.15) is 25.7 Å². The molecule has 0 saturated heterocycles. The zero-order chi connectivity index (χ0) is 15.2. The Bertz CT molecular complexity index is 563. The van der Waals surface area contributed by atoms with E-state index in [0.29, 0.717) is 12.5 Å². The van der Waals surface area contributed by atoms with Gasteiger partial charge in [-0.2, -0.15) is 5.26 Å². The minimum atomic E-state index is -0.580. The minimum absolute atomic E-state index is 0. The van der Waals surface area contributed by atoms with E-state index < -0.39 is 11.6 Å². The van der Waals surface area contributed by atoms with Crippen molar-refractivity contribution in [3.05, 3.63) is 29.8 Å². The minimum Gasteiger partial charge on any atom is -0.370 e. The number of nitrogens with zero attached hydrogens (tertiary/aromatic N) is 2. The van der Waals surface area contributed by atoms with Crippen molar-refractivity contribution in [2.24, 2.45) is 22.6 Å². The summed E-state index contributed by atoms with van der Waals surface area (Å²) in [6, 6.07) is 5.40. The van der Waals surface area contributed by atoms with Crippen molar-refractivity contribution in [3.63, 3.8) is 0 Å². The molecule has 2 rings (SSSR count). The summed E-state index contributed by atoms with van der Waals surface area (Å²) in [5, 5.41) is 11.4. The molecule has 1 fully saturated rings. The van der Waals surface area contributed by atoms with E-state index >= 15 is 0 Å². The fourth-order valence-electron chi connectivity index (χ4n) is 2.47. The van der Waals surface area contributed by atoms with Crippen molar-refractivity contribution in [2.45, 2.75) is 25.7 Å². The maximum atomic E-state index is 13.4. The monoisotopic (exact) mass is 420 g/mol. The maximum absolute atomic E-state index is 13.4. The molecular weight excluding hydrogens is 401 g/mol. The lowest BCUT2D eigenvalue weighted by atomic mass is 9.83. The Morgan fingerprint density at radius 1 is 1.32 bits per heavy atom. The van der Waals surface area contributed by atoms with E-state index in [1.807, 2.05) is 0 Å². The van der Waals surface area contributed by atoms with Gasteiger partial charge in [0.2, 0.25) is 0 Å². The standard InChI is InChI=1S/C15H18F2N4.HI/c16-12-5-6-13(17)14(7-12)21-15(19)20-9-11-3-1-10(8-18)2-4-11;/h5-7,10-11H,1-4,9H2,(H3,19,20,21);1H. The van der Waals surface area contributed by atoms with Crippen LogP contribution in [0.5, 0.6) is 0 Å². The first kappa shape index (κ1) is 18.6. The van der Waals surface area contributed by atoms with Crippen LogP contribution < -0.4 is 11.1 Å². The topological polar surface area (TPSA) is 74.2 Å². The van der Waals surface area contributed by atoms with Crippen molar-refractivity contribution in [2.75, 3.05) is 11.9 Å². The fraction of sp³-hybridized carbons (Fsp3) is 0.467. The van der Waals surface area contributed by atoms with Crippen LogP contribution in [0.4, 0.5) is 14.5 Å². The molecular formula is C15H19F2IN4. The van der Waals surface area contributed by atoms with E-state index in [1.165, 1.54) is 0 Å². The lowest BCUT2D eigenvalue weighted by Crippen LogP contribution is -2.25. The molecule has 0 unspecified atom stereocenters. The Labute approximate surface area is 145 Å². The highest BCUT2D eigenvalue weighted by atomic mass is 127. The van der Waals surface area contributed by atoms with Crippen LogP contribution >= 0.6 is 24.0 Å². The van der Waals surface area contributed by atoms with Gasteiger partial charge in [-0.25, -0.2) is 8.78 Å². The predicted molar refractivity (Wildman–Crippen MR) is 92.9 cm³/mol. The number of nitrogens with two attached hydrogens (primary N) is 1. The number of anilines is 1. The first-order valence-electron chi connectivity index (χ1n) is 7.00. The Morgan fingerprint density at radius 2 is 2.00 bits per heavy atom. The van der Waals surface area contributed by atoms with Gasteiger partial charge >= 0.3 is 0 Å². The van der Waals surface area contributed by atoms with Gasteiger partial charge in [0.1, 0.15) is 11.6 Å². The van der Waals surface area contributed by atoms with Crippen LogP contribution in [-0.2, 0) is 0 Å². The van der Waals surface area contributed by atoms with E-state index in [2.05, 4.69) is 16.4 Å². The number of hydrogen-bond acceptors (Lipinski definition) is 2. The lowest BCUT2D eigenvalue weighted by molar-refractivity contribution is 0.322. The number of guanidine groups is 1. The third-order valence-electron chi connectivity index (χ3n) is 3.74. The van der Waals surface area contributed by atoms with Crippen LogP contribution in [-0.4, -0.2) is 12.5 Å². The largest absolute Gasteiger partial charge is 0.370 e. The molecule has 22 heavy (non-hydrogen) atoms. The van der Waals surface area contributed by atoms with Crippen LogP contribution in [0.25, 0.3) is 0 Å². The molecule has 1 saturated carbocycles. The van der Waals surface area contributed by atoms with Gasteiger partial charge in [-0.3, -0.25) is 4.99 Å². The zero-order valence-electron chi connectivity index (χ0n) is 12.1. The predicted octanol–water partition coefficient (Wildman–Crippen LogP) is 3.64. The first-order valence-corrected chi connectivity index (χ1v) is 7.00. The number of rotatable bonds is 3. The number of nitrogens with one attached hydrogen (secondary N) is 1. The molecule has 0 radical (unpaired) electrons. The van der Waals surface area contributed by atoms with Gasteiger partial charge in [-0.15, -0.1) is 24.0 Å². The normalized spacial score (nSPS) is 21.6. The summed E-state index contributed by atoms with van der Waals surface area (Å²) < 4.78 is 26.5. The second-order valence-electron chi connectivity index (χ2n) is 5.32. The summed E-state index contributed by atoms with van der Waals surface area (Å²) in [6.45, 7) is 0.536. The highest BCUT2D eigenvalue weighted by Gasteiger charge is 2.20.